The molecule has 10 heteroatoms. The third-order valence-corrected chi connectivity index (χ3v) is 8.16. The number of nitrogens with two attached hydrogens (primary N) is 1. The molecule has 0 radical (unpaired) electrons. The number of carboxylic acid groups (broad SMARTS) is 1. The number of alkyl halides is 3. The van der Waals surface area contributed by atoms with E-state index >= 15 is 0 Å². The molecule has 3 N–H and O–H groups in total. The number of nitrogens with zero attached hydrogens (tertiary/aromatic N) is 3. The van der Waals surface area contributed by atoms with Crippen LogP contribution in [0.3, 0.4) is 0 Å². The topological polar surface area (TPSA) is 107 Å². The number of aliphatic carboxylic acids is 1. The Kier molecular flexibility index (Phi) is 6.34. The molecule has 1 aromatic carbocycles. The minimum atomic E-state index is -5.08. The van der Waals surface area contributed by atoms with E-state index in [1.807, 2.05) is 0 Å². The molecule has 0 aliphatic heterocycles. The summed E-state index contributed by atoms with van der Waals surface area (Å²) in [5.41, 5.74) is 9.38. The van der Waals surface area contributed by atoms with Gasteiger partial charge in [-0.15, -0.1) is 0 Å². The Labute approximate surface area is 206 Å². The van der Waals surface area contributed by atoms with Crippen LogP contribution in [-0.4, -0.2) is 32.0 Å². The van der Waals surface area contributed by atoms with Crippen LogP contribution >= 0.6 is 0 Å². The van der Waals surface area contributed by atoms with Crippen molar-refractivity contribution in [1.29, 1.82) is 0 Å². The summed E-state index contributed by atoms with van der Waals surface area (Å²) < 4.78 is 39.5. The lowest BCUT2D eigenvalue weighted by molar-refractivity contribution is -0.192. The predicted octanol–water partition coefficient (Wildman–Crippen LogP) is 5.20. The van der Waals surface area contributed by atoms with Crippen LogP contribution in [0.15, 0.2) is 35.0 Å². The van der Waals surface area contributed by atoms with Gasteiger partial charge in [-0.05, 0) is 79.7 Å². The molecule has 0 spiro atoms. The van der Waals surface area contributed by atoms with Crippen LogP contribution in [-0.2, 0) is 24.7 Å². The van der Waals surface area contributed by atoms with Gasteiger partial charge in [-0.1, -0.05) is 23.4 Å². The Bertz CT molecular complexity index is 1210. The quantitative estimate of drug-likeness (QED) is 0.495. The summed E-state index contributed by atoms with van der Waals surface area (Å²) in [6.45, 7) is 0. The number of halogens is 3. The van der Waals surface area contributed by atoms with Crippen molar-refractivity contribution in [3.8, 4) is 0 Å². The molecule has 0 saturated heterocycles. The SMILES string of the molecule is Cn1cc(C[C@H](N)c2nc(CC34CC5CC(CC(C5)C3)C4)no2)c2ccccc21.O=C(O)C(F)(F)F. The number of rotatable bonds is 5. The summed E-state index contributed by atoms with van der Waals surface area (Å²) in [5, 5.41) is 12.7. The van der Waals surface area contributed by atoms with E-state index in [-0.39, 0.29) is 6.04 Å². The lowest BCUT2D eigenvalue weighted by Gasteiger charge is -2.56. The number of hydrogen-bond acceptors (Lipinski definition) is 5. The maximum atomic E-state index is 10.6. The molecule has 4 aliphatic carbocycles. The monoisotopic (exact) mass is 504 g/mol. The fraction of sp³-hybridized carbons (Fsp3) is 0.577. The first-order valence-electron chi connectivity index (χ1n) is 12.4. The van der Waals surface area contributed by atoms with Crippen molar-refractivity contribution in [2.45, 2.75) is 63.6 Å². The van der Waals surface area contributed by atoms with Crippen LogP contribution in [0, 0.1) is 23.2 Å². The van der Waals surface area contributed by atoms with Crippen LogP contribution < -0.4 is 5.73 Å². The van der Waals surface area contributed by atoms with Gasteiger partial charge in [0.15, 0.2) is 5.82 Å². The number of aromatic nitrogens is 3. The van der Waals surface area contributed by atoms with E-state index in [1.54, 1.807) is 0 Å². The molecule has 0 amide bonds. The molecule has 4 fully saturated rings. The van der Waals surface area contributed by atoms with E-state index in [4.69, 9.17) is 25.1 Å². The second-order valence-corrected chi connectivity index (χ2v) is 11.0. The van der Waals surface area contributed by atoms with E-state index in [1.165, 1.54) is 55.0 Å². The molecule has 194 valence electrons. The largest absolute Gasteiger partial charge is 0.490 e. The van der Waals surface area contributed by atoms with Gasteiger partial charge in [0.25, 0.3) is 0 Å². The average molecular weight is 505 g/mol. The minimum absolute atomic E-state index is 0.265. The number of carboxylic acids is 1. The first-order valence-corrected chi connectivity index (χ1v) is 12.4. The van der Waals surface area contributed by atoms with Crippen LogP contribution in [0.5, 0.6) is 0 Å². The van der Waals surface area contributed by atoms with Gasteiger partial charge in [0.2, 0.25) is 5.89 Å². The lowest BCUT2D eigenvalue weighted by Crippen LogP contribution is -2.47. The van der Waals surface area contributed by atoms with Crippen LogP contribution in [0.2, 0.25) is 0 Å². The Morgan fingerprint density at radius 3 is 2.36 bits per heavy atom. The molecule has 2 heterocycles. The van der Waals surface area contributed by atoms with Crippen molar-refractivity contribution in [3.63, 3.8) is 0 Å². The summed E-state index contributed by atoms with van der Waals surface area (Å²) in [6, 6.07) is 8.18. The lowest BCUT2D eigenvalue weighted by atomic mass is 9.49. The summed E-state index contributed by atoms with van der Waals surface area (Å²) in [5.74, 6) is 1.53. The second kappa shape index (κ2) is 9.21. The molecule has 7 rings (SSSR count). The smallest absolute Gasteiger partial charge is 0.475 e. The first kappa shape index (κ1) is 24.8. The number of benzene rings is 1. The molecular weight excluding hydrogens is 473 g/mol. The van der Waals surface area contributed by atoms with E-state index in [9.17, 15) is 13.2 Å². The molecule has 36 heavy (non-hydrogen) atoms. The third-order valence-electron chi connectivity index (χ3n) is 8.16. The van der Waals surface area contributed by atoms with Crippen molar-refractivity contribution in [3.05, 3.63) is 47.7 Å². The maximum Gasteiger partial charge on any atom is 0.490 e. The number of para-hydroxylation sites is 1. The van der Waals surface area contributed by atoms with E-state index in [2.05, 4.69) is 47.2 Å². The summed E-state index contributed by atoms with van der Waals surface area (Å²) in [6.07, 6.45) is 7.26. The first-order chi connectivity index (χ1) is 17.0. The molecular formula is C26H31F3N4O3. The van der Waals surface area contributed by atoms with Crippen molar-refractivity contribution in [2.24, 2.45) is 36.0 Å². The fourth-order valence-electron chi connectivity index (χ4n) is 7.24. The van der Waals surface area contributed by atoms with Crippen LogP contribution in [0.1, 0.15) is 61.8 Å². The Morgan fingerprint density at radius 2 is 1.78 bits per heavy atom. The van der Waals surface area contributed by atoms with Crippen molar-refractivity contribution in [2.75, 3.05) is 0 Å². The van der Waals surface area contributed by atoms with Gasteiger partial charge >= 0.3 is 12.1 Å². The molecule has 4 saturated carbocycles. The van der Waals surface area contributed by atoms with Crippen molar-refractivity contribution in [1.82, 2.24) is 14.7 Å². The second-order valence-electron chi connectivity index (χ2n) is 11.0. The molecule has 7 nitrogen and oxygen atoms in total. The molecule has 0 unspecified atom stereocenters. The van der Waals surface area contributed by atoms with E-state index in [0.29, 0.717) is 17.7 Å². The highest BCUT2D eigenvalue weighted by Gasteiger charge is 2.51. The Morgan fingerprint density at radius 1 is 1.19 bits per heavy atom. The van der Waals surface area contributed by atoms with E-state index in [0.717, 1.165) is 30.0 Å². The minimum Gasteiger partial charge on any atom is -0.475 e. The van der Waals surface area contributed by atoms with Gasteiger partial charge < -0.3 is 19.9 Å². The molecule has 4 aliphatic rings. The predicted molar refractivity (Wildman–Crippen MR) is 126 cm³/mol. The highest BCUT2D eigenvalue weighted by molar-refractivity contribution is 5.83. The van der Waals surface area contributed by atoms with Gasteiger partial charge in [0, 0.05) is 30.6 Å². The van der Waals surface area contributed by atoms with Gasteiger partial charge in [-0.2, -0.15) is 18.2 Å². The summed E-state index contributed by atoms with van der Waals surface area (Å²) in [4.78, 5) is 13.7. The zero-order chi connectivity index (χ0) is 25.7. The van der Waals surface area contributed by atoms with Gasteiger partial charge in [0.1, 0.15) is 0 Å². The average Bonchev–Trinajstić information content (AvgIpc) is 3.37. The molecule has 2 aromatic heterocycles. The Hall–Kier alpha value is -2.88. The molecule has 3 aromatic rings. The Balaban J connectivity index is 0.000000338. The van der Waals surface area contributed by atoms with Crippen LogP contribution in [0.25, 0.3) is 10.9 Å². The maximum absolute atomic E-state index is 10.6. The number of aryl methyl sites for hydroxylation is 1. The highest BCUT2D eigenvalue weighted by atomic mass is 19.4. The number of carbonyl (C=O) groups is 1. The number of fused-ring (bicyclic) bond motifs is 1. The number of hydrogen-bond donors (Lipinski definition) is 2. The van der Waals surface area contributed by atoms with Gasteiger partial charge in [-0.25, -0.2) is 4.79 Å². The van der Waals surface area contributed by atoms with Gasteiger partial charge in [-0.3, -0.25) is 0 Å². The third kappa shape index (κ3) is 5.00. The summed E-state index contributed by atoms with van der Waals surface area (Å²) in [7, 11) is 2.08. The van der Waals surface area contributed by atoms with Crippen LogP contribution in [0.4, 0.5) is 13.2 Å². The fourth-order valence-corrected chi connectivity index (χ4v) is 7.24. The van der Waals surface area contributed by atoms with Crippen molar-refractivity contribution >= 4 is 16.9 Å². The normalized spacial score (nSPS) is 27.6. The highest BCUT2D eigenvalue weighted by Crippen LogP contribution is 2.60. The standard InChI is InChI=1S/C24H30N4O.C2HF3O2/c1-28-14-18(19-4-2-3-5-21(19)28)9-20(25)23-26-22(27-29-23)13-24-10-15-6-16(11-24)8-17(7-15)12-24;3-2(4,5)1(6)7/h2-5,14-17,20H,6-13,25H2,1H3;(H,6,7)/t15?,16?,17?,20-,24?;/m0./s1. The molecule has 1 atom stereocenters. The summed E-state index contributed by atoms with van der Waals surface area (Å²) >= 11 is 0. The zero-order valence-corrected chi connectivity index (χ0v) is 20.2. The zero-order valence-electron chi connectivity index (χ0n) is 20.2. The van der Waals surface area contributed by atoms with Gasteiger partial charge in [0.05, 0.1) is 6.04 Å². The molecule has 4 bridgehead atoms. The van der Waals surface area contributed by atoms with Crippen molar-refractivity contribution < 1.29 is 27.6 Å². The van der Waals surface area contributed by atoms with E-state index < -0.39 is 12.1 Å².